The van der Waals surface area contributed by atoms with Crippen LogP contribution in [0.4, 0.5) is 5.13 Å². The summed E-state index contributed by atoms with van der Waals surface area (Å²) < 4.78 is 6.39. The quantitative estimate of drug-likeness (QED) is 0.487. The van der Waals surface area contributed by atoms with Crippen molar-refractivity contribution in [1.29, 1.82) is 0 Å². The summed E-state index contributed by atoms with van der Waals surface area (Å²) in [6.07, 6.45) is 0. The number of thioether (sulfide) groups is 1. The molecular formula is C17H24N4O2S2. The van der Waals surface area contributed by atoms with Gasteiger partial charge in [0.15, 0.2) is 4.34 Å². The zero-order valence-corrected chi connectivity index (χ0v) is 16.4. The molecule has 0 unspecified atom stereocenters. The van der Waals surface area contributed by atoms with Crippen LogP contribution in [-0.4, -0.2) is 41.6 Å². The monoisotopic (exact) mass is 380 g/mol. The number of amides is 1. The Bertz CT molecular complexity index is 676. The molecular weight excluding hydrogens is 356 g/mol. The van der Waals surface area contributed by atoms with E-state index in [-0.39, 0.29) is 5.91 Å². The molecule has 0 aliphatic carbocycles. The highest BCUT2D eigenvalue weighted by atomic mass is 32.2. The number of aromatic nitrogens is 2. The van der Waals surface area contributed by atoms with Gasteiger partial charge in [0.05, 0.1) is 12.3 Å². The van der Waals surface area contributed by atoms with Crippen molar-refractivity contribution in [3.63, 3.8) is 0 Å². The maximum atomic E-state index is 11.9. The first-order valence-corrected chi connectivity index (χ1v) is 9.99. The van der Waals surface area contributed by atoms with Gasteiger partial charge in [0.2, 0.25) is 11.0 Å². The third-order valence-electron chi connectivity index (χ3n) is 3.08. The normalized spacial score (nSPS) is 10.7. The number of hydrogen-bond donors (Lipinski definition) is 2. The lowest BCUT2D eigenvalue weighted by Gasteiger charge is -2.07. The summed E-state index contributed by atoms with van der Waals surface area (Å²) in [6, 6.07) is 7.85. The van der Waals surface area contributed by atoms with Gasteiger partial charge in [-0.2, -0.15) is 0 Å². The molecule has 0 radical (unpaired) electrons. The van der Waals surface area contributed by atoms with Crippen molar-refractivity contribution >= 4 is 34.1 Å². The summed E-state index contributed by atoms with van der Waals surface area (Å²) in [5, 5.41) is 15.0. The van der Waals surface area contributed by atoms with Gasteiger partial charge in [0.25, 0.3) is 0 Å². The van der Waals surface area contributed by atoms with Crippen molar-refractivity contribution in [2.24, 2.45) is 5.92 Å². The van der Waals surface area contributed by atoms with E-state index in [4.69, 9.17) is 4.74 Å². The van der Waals surface area contributed by atoms with Crippen molar-refractivity contribution < 1.29 is 9.53 Å². The van der Waals surface area contributed by atoms with Crippen LogP contribution in [-0.2, 0) is 4.79 Å². The Hall–Kier alpha value is -1.80. The molecule has 0 atom stereocenters. The van der Waals surface area contributed by atoms with Crippen molar-refractivity contribution in [3.8, 4) is 5.75 Å². The minimum Gasteiger partial charge on any atom is -0.492 e. The van der Waals surface area contributed by atoms with Gasteiger partial charge in [0.1, 0.15) is 12.4 Å². The maximum Gasteiger partial charge on any atom is 0.230 e. The Morgan fingerprint density at radius 3 is 2.96 bits per heavy atom. The number of benzene rings is 1. The molecule has 2 rings (SSSR count). The first kappa shape index (κ1) is 19.5. The van der Waals surface area contributed by atoms with Crippen molar-refractivity contribution in [3.05, 3.63) is 29.8 Å². The number of ether oxygens (including phenoxy) is 1. The van der Waals surface area contributed by atoms with Crippen molar-refractivity contribution in [1.82, 2.24) is 15.5 Å². The van der Waals surface area contributed by atoms with Crippen LogP contribution in [0.25, 0.3) is 0 Å². The molecule has 1 heterocycles. The first-order chi connectivity index (χ1) is 12.0. The molecule has 2 N–H and O–H groups in total. The minimum atomic E-state index is -0.0373. The summed E-state index contributed by atoms with van der Waals surface area (Å²) >= 11 is 2.86. The largest absolute Gasteiger partial charge is 0.492 e. The van der Waals surface area contributed by atoms with Crippen LogP contribution in [0.15, 0.2) is 28.6 Å². The molecule has 0 fully saturated rings. The Morgan fingerprint density at radius 1 is 1.36 bits per heavy atom. The number of aryl methyl sites for hydroxylation is 1. The Labute approximate surface area is 156 Å². The van der Waals surface area contributed by atoms with Gasteiger partial charge in [0, 0.05) is 6.54 Å². The molecule has 136 valence electrons. The van der Waals surface area contributed by atoms with Gasteiger partial charge in [-0.25, -0.2) is 0 Å². The van der Waals surface area contributed by atoms with E-state index in [1.807, 2.05) is 31.2 Å². The van der Waals surface area contributed by atoms with Gasteiger partial charge in [-0.1, -0.05) is 49.1 Å². The Kier molecular flexibility index (Phi) is 8.00. The van der Waals surface area contributed by atoms with Gasteiger partial charge >= 0.3 is 0 Å². The van der Waals surface area contributed by atoms with E-state index >= 15 is 0 Å². The molecule has 0 aliphatic rings. The van der Waals surface area contributed by atoms with Crippen molar-refractivity contribution in [2.75, 3.05) is 30.8 Å². The number of anilines is 1. The molecule has 0 saturated carbocycles. The Morgan fingerprint density at radius 2 is 2.20 bits per heavy atom. The second-order valence-corrected chi connectivity index (χ2v) is 8.15. The molecule has 2 aromatic rings. The molecule has 25 heavy (non-hydrogen) atoms. The fourth-order valence-electron chi connectivity index (χ4n) is 1.87. The van der Waals surface area contributed by atoms with Crippen LogP contribution in [0.1, 0.15) is 19.4 Å². The molecule has 0 saturated heterocycles. The van der Waals surface area contributed by atoms with Crippen LogP contribution in [0.3, 0.4) is 0 Å². The second kappa shape index (κ2) is 10.2. The topological polar surface area (TPSA) is 76.1 Å². The minimum absolute atomic E-state index is 0.0373. The molecule has 8 heteroatoms. The predicted octanol–water partition coefficient (Wildman–Crippen LogP) is 3.20. The average molecular weight is 381 g/mol. The fourth-order valence-corrected chi connectivity index (χ4v) is 3.46. The van der Waals surface area contributed by atoms with E-state index in [9.17, 15) is 4.79 Å². The summed E-state index contributed by atoms with van der Waals surface area (Å²) in [5.41, 5.74) is 1.15. The lowest BCUT2D eigenvalue weighted by molar-refractivity contribution is -0.118. The van der Waals surface area contributed by atoms with Crippen LogP contribution in [0, 0.1) is 12.8 Å². The second-order valence-electron chi connectivity index (χ2n) is 5.95. The van der Waals surface area contributed by atoms with Crippen LogP contribution < -0.4 is 15.4 Å². The number of carbonyl (C=O) groups excluding carboxylic acids is 1. The summed E-state index contributed by atoms with van der Waals surface area (Å²) in [5.74, 6) is 1.65. The SMILES string of the molecule is Cc1cccc(OCCNC(=O)CSc2nnc(NCC(C)C)s2)c1. The smallest absolute Gasteiger partial charge is 0.230 e. The molecule has 1 aromatic carbocycles. The lowest BCUT2D eigenvalue weighted by atomic mass is 10.2. The molecule has 1 aromatic heterocycles. The Balaban J connectivity index is 1.60. The van der Waals surface area contributed by atoms with Crippen LogP contribution in [0.5, 0.6) is 5.75 Å². The highest BCUT2D eigenvalue weighted by Crippen LogP contribution is 2.25. The molecule has 0 spiro atoms. The summed E-state index contributed by atoms with van der Waals surface area (Å²) in [7, 11) is 0. The lowest BCUT2D eigenvalue weighted by Crippen LogP contribution is -2.29. The zero-order chi connectivity index (χ0) is 18.1. The standard InChI is InChI=1S/C17H24N4O2S2/c1-12(2)10-19-16-20-21-17(25-16)24-11-15(22)18-7-8-23-14-6-4-5-13(3)9-14/h4-6,9,12H,7-8,10-11H2,1-3H3,(H,18,22)(H,19,20). The summed E-state index contributed by atoms with van der Waals surface area (Å²) in [4.78, 5) is 11.9. The molecule has 0 bridgehead atoms. The van der Waals surface area contributed by atoms with Crippen LogP contribution >= 0.6 is 23.1 Å². The zero-order valence-electron chi connectivity index (χ0n) is 14.7. The predicted molar refractivity (Wildman–Crippen MR) is 104 cm³/mol. The van der Waals surface area contributed by atoms with Gasteiger partial charge in [-0.15, -0.1) is 10.2 Å². The third-order valence-corrected chi connectivity index (χ3v) is 5.09. The fraction of sp³-hybridized carbons (Fsp3) is 0.471. The third kappa shape index (κ3) is 7.74. The highest BCUT2D eigenvalue weighted by Gasteiger charge is 2.08. The van der Waals surface area contributed by atoms with E-state index in [0.717, 1.165) is 27.3 Å². The number of hydrogen-bond acceptors (Lipinski definition) is 7. The number of nitrogens with zero attached hydrogens (tertiary/aromatic N) is 2. The average Bonchev–Trinajstić information content (AvgIpc) is 3.03. The highest BCUT2D eigenvalue weighted by molar-refractivity contribution is 8.01. The molecule has 0 aliphatic heterocycles. The number of nitrogens with one attached hydrogen (secondary N) is 2. The van der Waals surface area contributed by atoms with E-state index in [1.165, 1.54) is 23.1 Å². The van der Waals surface area contributed by atoms with Gasteiger partial charge < -0.3 is 15.4 Å². The van der Waals surface area contributed by atoms with Gasteiger partial charge in [-0.3, -0.25) is 4.79 Å². The van der Waals surface area contributed by atoms with Gasteiger partial charge in [-0.05, 0) is 30.5 Å². The van der Waals surface area contributed by atoms with E-state index in [2.05, 4.69) is 34.7 Å². The maximum absolute atomic E-state index is 11.9. The number of rotatable bonds is 10. The van der Waals surface area contributed by atoms with E-state index in [0.29, 0.717) is 24.8 Å². The van der Waals surface area contributed by atoms with Crippen LogP contribution in [0.2, 0.25) is 0 Å². The van der Waals surface area contributed by atoms with E-state index < -0.39 is 0 Å². The molecule has 1 amide bonds. The first-order valence-electron chi connectivity index (χ1n) is 8.19. The van der Waals surface area contributed by atoms with E-state index in [1.54, 1.807) is 0 Å². The number of carbonyl (C=O) groups is 1. The summed E-state index contributed by atoms with van der Waals surface area (Å²) in [6.45, 7) is 8.07. The van der Waals surface area contributed by atoms with Crippen molar-refractivity contribution in [2.45, 2.75) is 25.1 Å². The molecule has 6 nitrogen and oxygen atoms in total.